The molecule has 0 spiro atoms. The highest BCUT2D eigenvalue weighted by molar-refractivity contribution is 6.31. The molecule has 5 aliphatic rings. The number of rotatable bonds is 9. The number of hydrogen-bond acceptors (Lipinski definition) is 11. The highest BCUT2D eigenvalue weighted by Gasteiger charge is 2.39. The van der Waals surface area contributed by atoms with E-state index in [0.29, 0.717) is 59.6 Å². The molecule has 3 aromatic rings. The van der Waals surface area contributed by atoms with Crippen LogP contribution < -0.4 is 25.2 Å². The summed E-state index contributed by atoms with van der Waals surface area (Å²) >= 11 is 6.14. The van der Waals surface area contributed by atoms with E-state index in [1.54, 1.807) is 35.5 Å². The largest absolute Gasteiger partial charge is 0.490 e. The Morgan fingerprint density at radius 1 is 0.893 bits per heavy atom. The lowest BCUT2D eigenvalue weighted by atomic mass is 9.87. The molecule has 2 N–H and O–H groups in total. The minimum Gasteiger partial charge on any atom is -0.490 e. The van der Waals surface area contributed by atoms with Crippen molar-refractivity contribution in [1.82, 2.24) is 25.1 Å². The molecule has 1 aliphatic carbocycles. The molecule has 3 saturated heterocycles. The number of amides is 4. The molecular formula is C41H46ClN9O5. The molecule has 2 aromatic carbocycles. The Kier molecular flexibility index (Phi) is 11.1. The number of imide groups is 1. The lowest BCUT2D eigenvalue weighted by molar-refractivity contribution is -0.137. The summed E-state index contributed by atoms with van der Waals surface area (Å²) in [7, 11) is 0. The van der Waals surface area contributed by atoms with Gasteiger partial charge in [0.25, 0.3) is 5.91 Å². The first-order chi connectivity index (χ1) is 27.2. The topological polar surface area (TPSA) is 164 Å². The van der Waals surface area contributed by atoms with E-state index >= 15 is 0 Å². The fourth-order valence-electron chi connectivity index (χ4n) is 8.74. The van der Waals surface area contributed by atoms with Gasteiger partial charge in [-0.2, -0.15) is 5.26 Å². The molecule has 1 saturated carbocycles. The van der Waals surface area contributed by atoms with E-state index in [2.05, 4.69) is 47.4 Å². The molecular weight excluding hydrogens is 734 g/mol. The third-order valence-electron chi connectivity index (χ3n) is 12.0. The van der Waals surface area contributed by atoms with E-state index in [1.807, 2.05) is 12.1 Å². The summed E-state index contributed by atoms with van der Waals surface area (Å²) in [6.45, 7) is 7.10. The van der Waals surface area contributed by atoms with Crippen LogP contribution in [0.25, 0.3) is 0 Å². The fourth-order valence-corrected chi connectivity index (χ4v) is 8.95. The standard InChI is InChI=1S/C41H46ClN9O5/c42-35-20-33(7-3-28(35)21-43)56-32-5-1-27(2-6-32)38(53)47-41-44-22-31(23-45-41)49-13-11-26(12-14-49)24-48-15-17-50(18-16-48)30-4-8-34-29(19-30)25-51(40(34)55)36-9-10-37(52)46-39(36)54/h3-4,7-8,19-20,22-23,26-27,32,36H,1-2,5-6,9-18,24-25H2,(H,46,52,54)(H,44,45,47,53). The molecule has 1 unspecified atom stereocenters. The second-order valence-electron chi connectivity index (χ2n) is 15.6. The predicted octanol–water partition coefficient (Wildman–Crippen LogP) is 4.38. The smallest absolute Gasteiger partial charge is 0.255 e. The van der Waals surface area contributed by atoms with Crippen molar-refractivity contribution in [3.8, 4) is 11.8 Å². The van der Waals surface area contributed by atoms with Gasteiger partial charge in [0.15, 0.2) is 0 Å². The average Bonchev–Trinajstić information content (AvgIpc) is 3.54. The van der Waals surface area contributed by atoms with Crippen molar-refractivity contribution in [3.63, 3.8) is 0 Å². The molecule has 292 valence electrons. The van der Waals surface area contributed by atoms with Crippen molar-refractivity contribution < 1.29 is 23.9 Å². The number of nitrogens with zero attached hydrogens (tertiary/aromatic N) is 7. The van der Waals surface area contributed by atoms with Gasteiger partial charge in [0.1, 0.15) is 17.9 Å². The quantitative estimate of drug-likeness (QED) is 0.297. The third-order valence-corrected chi connectivity index (χ3v) is 12.3. The van der Waals surface area contributed by atoms with E-state index < -0.39 is 6.04 Å². The SMILES string of the molecule is N#Cc1ccc(OC2CCC(C(=O)Nc3ncc(N4CCC(CN5CCN(c6ccc7c(c6)CN(C6CCC(=O)NC6=O)C7=O)CC5)CC4)cn3)CC2)cc1Cl. The Labute approximate surface area is 331 Å². The highest BCUT2D eigenvalue weighted by atomic mass is 35.5. The van der Waals surface area contributed by atoms with Crippen LogP contribution in [0.15, 0.2) is 48.8 Å². The average molecular weight is 780 g/mol. The number of benzene rings is 2. The maximum Gasteiger partial charge on any atom is 0.255 e. The van der Waals surface area contributed by atoms with Gasteiger partial charge < -0.3 is 19.4 Å². The molecule has 1 aromatic heterocycles. The summed E-state index contributed by atoms with van der Waals surface area (Å²) in [5.74, 6) is 0.559. The van der Waals surface area contributed by atoms with Crippen LogP contribution in [0.3, 0.4) is 0 Å². The van der Waals surface area contributed by atoms with Crippen LogP contribution in [0.4, 0.5) is 17.3 Å². The number of halogens is 1. The van der Waals surface area contributed by atoms with Gasteiger partial charge >= 0.3 is 0 Å². The number of ether oxygens (including phenoxy) is 1. The molecule has 0 bridgehead atoms. The van der Waals surface area contributed by atoms with Gasteiger partial charge in [-0.05, 0) is 86.8 Å². The van der Waals surface area contributed by atoms with Crippen molar-refractivity contribution in [1.29, 1.82) is 5.26 Å². The summed E-state index contributed by atoms with van der Waals surface area (Å²) in [4.78, 5) is 68.0. The number of hydrogen-bond donors (Lipinski definition) is 2. The molecule has 14 nitrogen and oxygen atoms in total. The number of fused-ring (bicyclic) bond motifs is 1. The Morgan fingerprint density at radius 3 is 2.32 bits per heavy atom. The van der Waals surface area contributed by atoms with Crippen molar-refractivity contribution in [2.75, 3.05) is 60.9 Å². The van der Waals surface area contributed by atoms with Crippen LogP contribution in [-0.2, 0) is 20.9 Å². The lowest BCUT2D eigenvalue weighted by Crippen LogP contribution is -2.52. The van der Waals surface area contributed by atoms with Gasteiger partial charge in [-0.15, -0.1) is 0 Å². The Bertz CT molecular complexity index is 2020. The monoisotopic (exact) mass is 779 g/mol. The van der Waals surface area contributed by atoms with Crippen LogP contribution in [0.2, 0.25) is 5.02 Å². The molecule has 8 rings (SSSR count). The van der Waals surface area contributed by atoms with E-state index in [9.17, 15) is 19.2 Å². The Morgan fingerprint density at radius 2 is 1.62 bits per heavy atom. The molecule has 4 aliphatic heterocycles. The second-order valence-corrected chi connectivity index (χ2v) is 16.0. The molecule has 0 radical (unpaired) electrons. The number of carbonyl (C=O) groups excluding carboxylic acids is 4. The van der Waals surface area contributed by atoms with Gasteiger partial charge in [0.2, 0.25) is 23.7 Å². The molecule has 56 heavy (non-hydrogen) atoms. The maximum absolute atomic E-state index is 13.1. The normalized spacial score (nSPS) is 23.4. The first-order valence-electron chi connectivity index (χ1n) is 19.7. The summed E-state index contributed by atoms with van der Waals surface area (Å²) in [5, 5.41) is 14.7. The summed E-state index contributed by atoms with van der Waals surface area (Å²) < 4.78 is 6.07. The lowest BCUT2D eigenvalue weighted by Gasteiger charge is -2.40. The first-order valence-corrected chi connectivity index (χ1v) is 20.1. The zero-order valence-electron chi connectivity index (χ0n) is 31.3. The Balaban J connectivity index is 0.742. The molecule has 15 heteroatoms. The van der Waals surface area contributed by atoms with E-state index in [-0.39, 0.29) is 42.1 Å². The molecule has 4 amide bonds. The number of nitriles is 1. The van der Waals surface area contributed by atoms with Gasteiger partial charge in [0.05, 0.1) is 34.8 Å². The first kappa shape index (κ1) is 37.7. The van der Waals surface area contributed by atoms with Gasteiger partial charge in [-0.25, -0.2) is 9.97 Å². The minimum atomic E-state index is -0.603. The minimum absolute atomic E-state index is 0.00639. The number of aromatic nitrogens is 2. The second kappa shape index (κ2) is 16.5. The van der Waals surface area contributed by atoms with Gasteiger partial charge in [-0.1, -0.05) is 11.6 Å². The van der Waals surface area contributed by atoms with Crippen molar-refractivity contribution in [2.45, 2.75) is 70.1 Å². The maximum atomic E-state index is 13.1. The van der Waals surface area contributed by atoms with Gasteiger partial charge in [-0.3, -0.25) is 34.7 Å². The van der Waals surface area contributed by atoms with Gasteiger partial charge in [0, 0.05) is 82.0 Å². The third kappa shape index (κ3) is 8.29. The van der Waals surface area contributed by atoms with Crippen molar-refractivity contribution >= 4 is 52.6 Å². The number of nitrogens with one attached hydrogen (secondary N) is 2. The van der Waals surface area contributed by atoms with Crippen LogP contribution >= 0.6 is 11.6 Å². The van der Waals surface area contributed by atoms with Crippen LogP contribution in [-0.4, -0.2) is 101 Å². The Hall–Kier alpha value is -5.26. The number of carbonyl (C=O) groups is 4. The van der Waals surface area contributed by atoms with Crippen molar-refractivity contribution in [2.24, 2.45) is 11.8 Å². The summed E-state index contributed by atoms with van der Waals surface area (Å²) in [6, 6.07) is 12.5. The van der Waals surface area contributed by atoms with Crippen LogP contribution in [0.1, 0.15) is 72.9 Å². The highest BCUT2D eigenvalue weighted by Crippen LogP contribution is 2.33. The summed E-state index contributed by atoms with van der Waals surface area (Å²) in [6.07, 6.45) is 9.29. The zero-order valence-corrected chi connectivity index (χ0v) is 32.0. The number of piperazine rings is 1. The summed E-state index contributed by atoms with van der Waals surface area (Å²) in [5.41, 5.74) is 4.06. The van der Waals surface area contributed by atoms with Crippen LogP contribution in [0, 0.1) is 23.2 Å². The molecule has 4 fully saturated rings. The van der Waals surface area contributed by atoms with Crippen LogP contribution in [0.5, 0.6) is 5.75 Å². The predicted molar refractivity (Wildman–Crippen MR) is 209 cm³/mol. The fraction of sp³-hybridized carbons (Fsp3) is 0.488. The van der Waals surface area contributed by atoms with E-state index in [0.717, 1.165) is 88.4 Å². The van der Waals surface area contributed by atoms with E-state index in [1.165, 1.54) is 0 Å². The molecule has 1 atom stereocenters. The van der Waals surface area contributed by atoms with E-state index in [4.69, 9.17) is 21.6 Å². The molecule has 5 heterocycles. The van der Waals surface area contributed by atoms with Crippen molar-refractivity contribution in [3.05, 3.63) is 70.5 Å². The number of piperidine rings is 2. The zero-order chi connectivity index (χ0) is 38.8. The number of anilines is 3.